The maximum absolute atomic E-state index is 10.6. The molecule has 0 amide bonds. The molecule has 3 N–H and O–H groups in total. The van der Waals surface area contributed by atoms with E-state index in [1.54, 1.807) is 6.92 Å². The fourth-order valence-corrected chi connectivity index (χ4v) is 0.344. The standard InChI is InChI=1S/C7H13NO2.CH4O4S/c1-4-6(9)10-7(3,8)5-2;1-5-6(2,3)4/h4H,1,5,8H2,2-3H3;1H3,(H,2,3,4). The Bertz CT molecular complexity index is 321. The number of esters is 1. The molecule has 0 aromatic rings. The summed E-state index contributed by atoms with van der Waals surface area (Å²) in [4.78, 5) is 10.6. The predicted molar refractivity (Wildman–Crippen MR) is 57.7 cm³/mol. The molecular formula is C8H17NO6S. The van der Waals surface area contributed by atoms with Crippen LogP contribution in [0, 0.1) is 0 Å². The Morgan fingerprint density at radius 1 is 1.62 bits per heavy atom. The summed E-state index contributed by atoms with van der Waals surface area (Å²) in [6.45, 7) is 6.74. The van der Waals surface area contributed by atoms with E-state index >= 15 is 0 Å². The monoisotopic (exact) mass is 255 g/mol. The van der Waals surface area contributed by atoms with E-state index in [1.807, 2.05) is 6.92 Å². The smallest absolute Gasteiger partial charge is 0.397 e. The van der Waals surface area contributed by atoms with Crippen LogP contribution < -0.4 is 5.73 Å². The summed E-state index contributed by atoms with van der Waals surface area (Å²) in [5.74, 6) is -0.480. The van der Waals surface area contributed by atoms with Gasteiger partial charge in [0, 0.05) is 6.08 Å². The van der Waals surface area contributed by atoms with Crippen molar-refractivity contribution in [3.8, 4) is 0 Å². The number of carbonyl (C=O) groups is 1. The molecule has 0 radical (unpaired) electrons. The Morgan fingerprint density at radius 2 is 2.00 bits per heavy atom. The second kappa shape index (κ2) is 7.34. The van der Waals surface area contributed by atoms with Crippen LogP contribution in [-0.2, 0) is 24.1 Å². The van der Waals surface area contributed by atoms with Crippen molar-refractivity contribution in [3.63, 3.8) is 0 Å². The molecule has 0 aromatic carbocycles. The third kappa shape index (κ3) is 13.0. The van der Waals surface area contributed by atoms with E-state index in [4.69, 9.17) is 15.0 Å². The largest absolute Gasteiger partial charge is 0.441 e. The van der Waals surface area contributed by atoms with E-state index in [0.717, 1.165) is 13.2 Å². The number of ether oxygens (including phenoxy) is 1. The van der Waals surface area contributed by atoms with Crippen molar-refractivity contribution in [1.29, 1.82) is 0 Å². The van der Waals surface area contributed by atoms with Crippen molar-refractivity contribution in [2.75, 3.05) is 7.11 Å². The zero-order chi connectivity index (χ0) is 13.4. The molecule has 0 aliphatic carbocycles. The van der Waals surface area contributed by atoms with Gasteiger partial charge in [0.15, 0.2) is 5.72 Å². The van der Waals surface area contributed by atoms with Crippen molar-refractivity contribution in [3.05, 3.63) is 12.7 Å². The van der Waals surface area contributed by atoms with Gasteiger partial charge < -0.3 is 4.74 Å². The van der Waals surface area contributed by atoms with E-state index < -0.39 is 22.1 Å². The van der Waals surface area contributed by atoms with Gasteiger partial charge in [-0.2, -0.15) is 8.42 Å². The van der Waals surface area contributed by atoms with Crippen LogP contribution >= 0.6 is 0 Å². The minimum atomic E-state index is -4.16. The van der Waals surface area contributed by atoms with Crippen LogP contribution in [0.25, 0.3) is 0 Å². The topological polar surface area (TPSA) is 116 Å². The van der Waals surface area contributed by atoms with Gasteiger partial charge in [0.1, 0.15) is 0 Å². The van der Waals surface area contributed by atoms with Crippen LogP contribution in [0.3, 0.4) is 0 Å². The quantitative estimate of drug-likeness (QED) is 0.320. The van der Waals surface area contributed by atoms with Crippen LogP contribution in [0.15, 0.2) is 12.7 Å². The first kappa shape index (κ1) is 17.4. The van der Waals surface area contributed by atoms with E-state index in [9.17, 15) is 13.2 Å². The first-order valence-corrected chi connectivity index (χ1v) is 5.61. The Hall–Kier alpha value is -0.960. The number of hydrogen-bond donors (Lipinski definition) is 2. The molecule has 7 nitrogen and oxygen atoms in total. The molecule has 0 fully saturated rings. The third-order valence-electron chi connectivity index (χ3n) is 1.41. The summed E-state index contributed by atoms with van der Waals surface area (Å²) in [6, 6.07) is 0. The molecule has 8 heteroatoms. The first-order valence-electron chi connectivity index (χ1n) is 4.25. The number of rotatable bonds is 4. The molecule has 0 bridgehead atoms. The summed E-state index contributed by atoms with van der Waals surface area (Å²) < 4.78 is 34.5. The Morgan fingerprint density at radius 3 is 2.19 bits per heavy atom. The lowest BCUT2D eigenvalue weighted by atomic mass is 10.2. The average molecular weight is 255 g/mol. The van der Waals surface area contributed by atoms with Crippen LogP contribution in [0.1, 0.15) is 20.3 Å². The Labute approximate surface area is 95.2 Å². The first-order chi connectivity index (χ1) is 7.08. The summed E-state index contributed by atoms with van der Waals surface area (Å²) in [6.07, 6.45) is 1.69. The van der Waals surface area contributed by atoms with E-state index in [0.29, 0.717) is 6.42 Å². The van der Waals surface area contributed by atoms with E-state index in [2.05, 4.69) is 10.8 Å². The molecular weight excluding hydrogens is 238 g/mol. The highest BCUT2D eigenvalue weighted by atomic mass is 32.3. The minimum absolute atomic E-state index is 0.480. The molecule has 0 rings (SSSR count). The van der Waals surface area contributed by atoms with E-state index in [1.165, 1.54) is 0 Å². The van der Waals surface area contributed by atoms with Crippen LogP contribution in [-0.4, -0.2) is 31.8 Å². The van der Waals surface area contributed by atoms with Gasteiger partial charge in [0.2, 0.25) is 0 Å². The van der Waals surface area contributed by atoms with E-state index in [-0.39, 0.29) is 0 Å². The highest BCUT2D eigenvalue weighted by Gasteiger charge is 2.18. The molecule has 0 spiro atoms. The molecule has 1 atom stereocenters. The lowest BCUT2D eigenvalue weighted by Crippen LogP contribution is -2.40. The number of nitrogens with two attached hydrogens (primary N) is 1. The SMILES string of the molecule is C=CC(=O)OC(C)(N)CC.COS(=O)(=O)O. The molecule has 0 saturated carbocycles. The Balaban J connectivity index is 0. The van der Waals surface area contributed by atoms with Gasteiger partial charge >= 0.3 is 16.4 Å². The normalized spacial score (nSPS) is 14.1. The van der Waals surface area contributed by atoms with Gasteiger partial charge in [-0.25, -0.2) is 4.79 Å². The molecule has 0 aliphatic heterocycles. The highest BCUT2D eigenvalue weighted by Crippen LogP contribution is 2.06. The molecule has 1 unspecified atom stereocenters. The molecule has 16 heavy (non-hydrogen) atoms. The third-order valence-corrected chi connectivity index (χ3v) is 1.83. The van der Waals surface area contributed by atoms with Gasteiger partial charge in [0.25, 0.3) is 0 Å². The number of carbonyl (C=O) groups excluding carboxylic acids is 1. The summed E-state index contributed by atoms with van der Waals surface area (Å²) >= 11 is 0. The summed E-state index contributed by atoms with van der Waals surface area (Å²) in [5, 5.41) is 0. The van der Waals surface area contributed by atoms with Crippen molar-refractivity contribution < 1.29 is 26.7 Å². The maximum atomic E-state index is 10.6. The highest BCUT2D eigenvalue weighted by molar-refractivity contribution is 7.80. The molecule has 0 heterocycles. The zero-order valence-electron chi connectivity index (χ0n) is 9.47. The Kier molecular flexibility index (Phi) is 7.99. The van der Waals surface area contributed by atoms with Gasteiger partial charge in [-0.3, -0.25) is 14.5 Å². The van der Waals surface area contributed by atoms with Crippen LogP contribution in [0.4, 0.5) is 0 Å². The van der Waals surface area contributed by atoms with Crippen molar-refractivity contribution in [1.82, 2.24) is 0 Å². The second-order valence-corrected chi connectivity index (χ2v) is 4.07. The molecule has 0 aliphatic rings. The fraction of sp³-hybridized carbons (Fsp3) is 0.625. The fourth-order valence-electron chi connectivity index (χ4n) is 0.344. The lowest BCUT2D eigenvalue weighted by Gasteiger charge is -2.21. The summed E-state index contributed by atoms with van der Waals surface area (Å²) in [5.41, 5.74) is 4.65. The average Bonchev–Trinajstić information content (AvgIpc) is 2.17. The molecule has 0 saturated heterocycles. The van der Waals surface area contributed by atoms with Crippen LogP contribution in [0.2, 0.25) is 0 Å². The van der Waals surface area contributed by atoms with Gasteiger partial charge in [0.05, 0.1) is 7.11 Å². The second-order valence-electron chi connectivity index (χ2n) is 2.89. The van der Waals surface area contributed by atoms with Gasteiger partial charge in [-0.1, -0.05) is 13.5 Å². The lowest BCUT2D eigenvalue weighted by molar-refractivity contribution is -0.151. The summed E-state index contributed by atoms with van der Waals surface area (Å²) in [7, 11) is -3.29. The van der Waals surface area contributed by atoms with Gasteiger partial charge in [-0.05, 0) is 13.3 Å². The molecule has 0 aromatic heterocycles. The molecule has 96 valence electrons. The van der Waals surface area contributed by atoms with Crippen molar-refractivity contribution in [2.24, 2.45) is 5.73 Å². The van der Waals surface area contributed by atoms with Crippen molar-refractivity contribution in [2.45, 2.75) is 26.0 Å². The zero-order valence-corrected chi connectivity index (χ0v) is 10.3. The van der Waals surface area contributed by atoms with Crippen LogP contribution in [0.5, 0.6) is 0 Å². The minimum Gasteiger partial charge on any atom is -0.441 e. The predicted octanol–water partition coefficient (Wildman–Crippen LogP) is 0.236. The van der Waals surface area contributed by atoms with Gasteiger partial charge in [-0.15, -0.1) is 0 Å². The number of hydrogen-bond acceptors (Lipinski definition) is 6. The maximum Gasteiger partial charge on any atom is 0.397 e. The van der Waals surface area contributed by atoms with Crippen molar-refractivity contribution >= 4 is 16.4 Å².